The lowest BCUT2D eigenvalue weighted by Gasteiger charge is -2.34. The molecule has 1 aliphatic heterocycles. The zero-order valence-corrected chi connectivity index (χ0v) is 25.1. The van der Waals surface area contributed by atoms with E-state index in [2.05, 4.69) is 39.3 Å². The van der Waals surface area contributed by atoms with Crippen LogP contribution in [0.5, 0.6) is 5.75 Å². The molecule has 3 amide bonds. The van der Waals surface area contributed by atoms with Crippen molar-refractivity contribution in [3.63, 3.8) is 0 Å². The molecule has 43 heavy (non-hydrogen) atoms. The Morgan fingerprint density at radius 1 is 1.02 bits per heavy atom. The molecule has 0 radical (unpaired) electrons. The number of fused-ring (bicyclic) bond motifs is 1. The topological polar surface area (TPSA) is 103 Å². The van der Waals surface area contributed by atoms with Crippen molar-refractivity contribution in [2.24, 2.45) is 0 Å². The van der Waals surface area contributed by atoms with Gasteiger partial charge in [-0.25, -0.2) is 9.78 Å². The maximum absolute atomic E-state index is 13.5. The van der Waals surface area contributed by atoms with E-state index in [9.17, 15) is 9.59 Å². The standard InChI is InChI=1S/C32H34ClN7O3/c1-4-39(5-2)17-18-43-26-14-11-24(12-15-26)36-31-34-20-23-21-40(32(42)38(3)29(23)37-31)28-19-25(13-16-27(28)33)35-30(41)22-9-7-6-8-10-22/h6-16,19-20H,4-5,17-18,21H2,1-3H3,(H,35,41)(H,34,36,37). The molecule has 0 saturated carbocycles. The Morgan fingerprint density at radius 2 is 1.74 bits per heavy atom. The Kier molecular flexibility index (Phi) is 9.38. The molecule has 3 aromatic carbocycles. The van der Waals surface area contributed by atoms with Crippen LogP contribution in [0, 0.1) is 0 Å². The number of halogens is 1. The molecule has 5 rings (SSSR count). The van der Waals surface area contributed by atoms with Crippen molar-refractivity contribution in [1.82, 2.24) is 14.9 Å². The Hall–Kier alpha value is -4.67. The van der Waals surface area contributed by atoms with E-state index in [1.807, 2.05) is 30.3 Å². The Morgan fingerprint density at radius 3 is 2.47 bits per heavy atom. The molecule has 0 aliphatic carbocycles. The molecule has 0 spiro atoms. The molecule has 222 valence electrons. The molecule has 0 saturated heterocycles. The molecule has 0 atom stereocenters. The van der Waals surface area contributed by atoms with E-state index in [0.717, 1.165) is 36.6 Å². The Bertz CT molecular complexity index is 1580. The van der Waals surface area contributed by atoms with Gasteiger partial charge < -0.3 is 20.3 Å². The third-order valence-electron chi connectivity index (χ3n) is 7.22. The van der Waals surface area contributed by atoms with E-state index in [1.165, 1.54) is 9.80 Å². The van der Waals surface area contributed by atoms with Gasteiger partial charge in [0.15, 0.2) is 0 Å². The minimum Gasteiger partial charge on any atom is -0.492 e. The van der Waals surface area contributed by atoms with Crippen molar-refractivity contribution < 1.29 is 14.3 Å². The fourth-order valence-corrected chi connectivity index (χ4v) is 4.96. The summed E-state index contributed by atoms with van der Waals surface area (Å²) in [5.41, 5.74) is 3.06. The number of hydrogen-bond acceptors (Lipinski definition) is 7. The lowest BCUT2D eigenvalue weighted by atomic mass is 10.1. The lowest BCUT2D eigenvalue weighted by Crippen LogP contribution is -2.46. The molecule has 4 aromatic rings. The van der Waals surface area contributed by atoms with Crippen molar-refractivity contribution in [1.29, 1.82) is 0 Å². The van der Waals surface area contributed by atoms with E-state index in [4.69, 9.17) is 16.3 Å². The molecule has 10 nitrogen and oxygen atoms in total. The van der Waals surface area contributed by atoms with Gasteiger partial charge in [0.2, 0.25) is 5.95 Å². The van der Waals surface area contributed by atoms with Gasteiger partial charge in [0, 0.05) is 42.3 Å². The highest BCUT2D eigenvalue weighted by Crippen LogP contribution is 2.35. The number of ether oxygens (including phenoxy) is 1. The summed E-state index contributed by atoms with van der Waals surface area (Å²) in [4.78, 5) is 40.6. The van der Waals surface area contributed by atoms with E-state index in [0.29, 0.717) is 40.3 Å². The molecular weight excluding hydrogens is 566 g/mol. The average molecular weight is 600 g/mol. The fourth-order valence-electron chi connectivity index (χ4n) is 4.74. The summed E-state index contributed by atoms with van der Waals surface area (Å²) in [5, 5.41) is 6.45. The average Bonchev–Trinajstić information content (AvgIpc) is 3.03. The van der Waals surface area contributed by atoms with Gasteiger partial charge >= 0.3 is 6.03 Å². The van der Waals surface area contributed by atoms with Gasteiger partial charge in [-0.2, -0.15) is 4.98 Å². The zero-order chi connectivity index (χ0) is 30.3. The molecule has 0 unspecified atom stereocenters. The second-order valence-electron chi connectivity index (χ2n) is 9.98. The molecule has 1 aromatic heterocycles. The monoisotopic (exact) mass is 599 g/mol. The molecular formula is C32H34ClN7O3. The van der Waals surface area contributed by atoms with Crippen LogP contribution < -0.4 is 25.2 Å². The zero-order valence-electron chi connectivity index (χ0n) is 24.4. The van der Waals surface area contributed by atoms with Crippen LogP contribution in [0.4, 0.5) is 33.6 Å². The van der Waals surface area contributed by atoms with E-state index < -0.39 is 0 Å². The highest BCUT2D eigenvalue weighted by atomic mass is 35.5. The molecule has 0 fully saturated rings. The number of carbonyl (C=O) groups is 2. The summed E-state index contributed by atoms with van der Waals surface area (Å²) in [5.74, 6) is 1.40. The summed E-state index contributed by atoms with van der Waals surface area (Å²) in [6.45, 7) is 7.99. The summed E-state index contributed by atoms with van der Waals surface area (Å²) >= 11 is 6.53. The highest BCUT2D eigenvalue weighted by Gasteiger charge is 2.32. The number of nitrogens with zero attached hydrogens (tertiary/aromatic N) is 5. The van der Waals surface area contributed by atoms with Gasteiger partial charge in [0.25, 0.3) is 5.91 Å². The lowest BCUT2D eigenvalue weighted by molar-refractivity contribution is 0.102. The first-order chi connectivity index (χ1) is 20.9. The Balaban J connectivity index is 1.27. The van der Waals surface area contributed by atoms with Gasteiger partial charge in [-0.3, -0.25) is 14.6 Å². The number of benzene rings is 3. The molecule has 1 aliphatic rings. The number of amides is 3. The summed E-state index contributed by atoms with van der Waals surface area (Å²) in [6.07, 6.45) is 1.69. The van der Waals surface area contributed by atoms with Crippen LogP contribution in [-0.4, -0.2) is 60.1 Å². The second kappa shape index (κ2) is 13.5. The predicted molar refractivity (Wildman–Crippen MR) is 171 cm³/mol. The van der Waals surface area contributed by atoms with Gasteiger partial charge in [-0.1, -0.05) is 43.6 Å². The first-order valence-electron chi connectivity index (χ1n) is 14.2. The minimum absolute atomic E-state index is 0.216. The minimum atomic E-state index is -0.309. The van der Waals surface area contributed by atoms with Crippen LogP contribution >= 0.6 is 11.6 Å². The van der Waals surface area contributed by atoms with Crippen molar-refractivity contribution in [2.45, 2.75) is 20.4 Å². The highest BCUT2D eigenvalue weighted by molar-refractivity contribution is 6.34. The number of carbonyl (C=O) groups excluding carboxylic acids is 2. The van der Waals surface area contributed by atoms with Crippen molar-refractivity contribution in [3.8, 4) is 5.75 Å². The van der Waals surface area contributed by atoms with E-state index in [-0.39, 0.29) is 18.5 Å². The van der Waals surface area contributed by atoms with Crippen LogP contribution in [-0.2, 0) is 6.54 Å². The van der Waals surface area contributed by atoms with Gasteiger partial charge in [-0.15, -0.1) is 0 Å². The van der Waals surface area contributed by atoms with Crippen LogP contribution in [0.15, 0.2) is 79.0 Å². The quantitative estimate of drug-likeness (QED) is 0.205. The molecule has 11 heteroatoms. The van der Waals surface area contributed by atoms with Crippen LogP contribution in [0.1, 0.15) is 29.8 Å². The van der Waals surface area contributed by atoms with Crippen LogP contribution in [0.2, 0.25) is 5.02 Å². The van der Waals surface area contributed by atoms with E-state index in [1.54, 1.807) is 55.7 Å². The van der Waals surface area contributed by atoms with Crippen LogP contribution in [0.3, 0.4) is 0 Å². The van der Waals surface area contributed by atoms with Crippen molar-refractivity contribution in [2.75, 3.05) is 53.7 Å². The van der Waals surface area contributed by atoms with Crippen molar-refractivity contribution in [3.05, 3.63) is 95.1 Å². The second-order valence-corrected chi connectivity index (χ2v) is 10.4. The Labute approximate surface area is 256 Å². The molecule has 2 heterocycles. The van der Waals surface area contributed by atoms with Crippen LogP contribution in [0.25, 0.3) is 0 Å². The predicted octanol–water partition coefficient (Wildman–Crippen LogP) is 6.42. The van der Waals surface area contributed by atoms with Gasteiger partial charge in [-0.05, 0) is 67.7 Å². The SMILES string of the molecule is CCN(CC)CCOc1ccc(Nc2ncc3c(n2)N(C)C(=O)N(c2cc(NC(=O)c4ccccc4)ccc2Cl)C3)cc1. The number of likely N-dealkylation sites (N-methyl/N-ethyl adjacent to an activating group) is 1. The third-order valence-corrected chi connectivity index (χ3v) is 7.54. The number of aromatic nitrogens is 2. The smallest absolute Gasteiger partial charge is 0.330 e. The number of anilines is 5. The number of hydrogen-bond donors (Lipinski definition) is 2. The summed E-state index contributed by atoms with van der Waals surface area (Å²) < 4.78 is 5.87. The first-order valence-corrected chi connectivity index (χ1v) is 14.5. The van der Waals surface area contributed by atoms with Gasteiger partial charge in [0.1, 0.15) is 18.2 Å². The first kappa shape index (κ1) is 29.8. The normalized spacial score (nSPS) is 12.7. The maximum Gasteiger partial charge on any atom is 0.330 e. The summed E-state index contributed by atoms with van der Waals surface area (Å²) in [7, 11) is 1.66. The third kappa shape index (κ3) is 7.04. The maximum atomic E-state index is 13.5. The van der Waals surface area contributed by atoms with Crippen molar-refractivity contribution >= 4 is 52.4 Å². The van der Waals surface area contributed by atoms with E-state index >= 15 is 0 Å². The number of rotatable bonds is 11. The van der Waals surface area contributed by atoms with Gasteiger partial charge in [0.05, 0.1) is 17.3 Å². The largest absolute Gasteiger partial charge is 0.492 e. The molecule has 0 bridgehead atoms. The number of urea groups is 1. The number of nitrogens with one attached hydrogen (secondary N) is 2. The fraction of sp³-hybridized carbons (Fsp3) is 0.250. The molecule has 2 N–H and O–H groups in total. The summed E-state index contributed by atoms with van der Waals surface area (Å²) in [6, 6.07) is 21.2.